The van der Waals surface area contributed by atoms with Gasteiger partial charge in [-0.1, -0.05) is 6.07 Å². The molecule has 0 aliphatic carbocycles. The number of anilines is 1. The van der Waals surface area contributed by atoms with Gasteiger partial charge in [0, 0.05) is 23.8 Å². The van der Waals surface area contributed by atoms with Gasteiger partial charge in [0.25, 0.3) is 0 Å². The van der Waals surface area contributed by atoms with Crippen LogP contribution in [0.3, 0.4) is 0 Å². The predicted octanol–water partition coefficient (Wildman–Crippen LogP) is 2.66. The minimum atomic E-state index is -4.37. The number of rotatable bonds is 3. The summed E-state index contributed by atoms with van der Waals surface area (Å²) < 4.78 is 37.6. The van der Waals surface area contributed by atoms with E-state index in [0.717, 1.165) is 12.1 Å². The molecule has 2 N–H and O–H groups in total. The lowest BCUT2D eigenvalue weighted by Crippen LogP contribution is -2.07. The van der Waals surface area contributed by atoms with E-state index in [1.54, 1.807) is 6.07 Å². The van der Waals surface area contributed by atoms with Crippen molar-refractivity contribution in [3.05, 3.63) is 36.0 Å². The lowest BCUT2D eigenvalue weighted by molar-refractivity contribution is -0.137. The molecule has 6 heteroatoms. The molecule has 0 saturated carbocycles. The number of halogens is 3. The van der Waals surface area contributed by atoms with Crippen LogP contribution in [0.2, 0.25) is 0 Å². The zero-order valence-electron chi connectivity index (χ0n) is 9.33. The molecule has 2 rings (SSSR count). The third-order valence-electron chi connectivity index (χ3n) is 2.50. The fourth-order valence-electron chi connectivity index (χ4n) is 1.67. The van der Waals surface area contributed by atoms with Crippen LogP contribution in [0.15, 0.2) is 30.5 Å². The van der Waals surface area contributed by atoms with Gasteiger partial charge >= 0.3 is 6.18 Å². The maximum absolute atomic E-state index is 12.5. The summed E-state index contributed by atoms with van der Waals surface area (Å²) in [6, 6.07) is 5.07. The number of hydrogen-bond acceptors (Lipinski definition) is 3. The molecule has 0 aliphatic rings. The first-order chi connectivity index (χ1) is 8.52. The Kier molecular flexibility index (Phi) is 3.38. The molecule has 1 aromatic heterocycles. The van der Waals surface area contributed by atoms with Crippen molar-refractivity contribution in [3.63, 3.8) is 0 Å². The van der Waals surface area contributed by atoms with Gasteiger partial charge in [0.05, 0.1) is 17.7 Å². The second-order valence-electron chi connectivity index (χ2n) is 3.74. The monoisotopic (exact) mass is 256 g/mol. The number of nitrogens with zero attached hydrogens (tertiary/aromatic N) is 1. The Bertz CT molecular complexity index is 555. The van der Waals surface area contributed by atoms with Crippen molar-refractivity contribution in [3.8, 4) is 0 Å². The van der Waals surface area contributed by atoms with E-state index in [0.29, 0.717) is 17.6 Å². The van der Waals surface area contributed by atoms with Crippen LogP contribution in [0, 0.1) is 0 Å². The third kappa shape index (κ3) is 2.53. The zero-order valence-corrected chi connectivity index (χ0v) is 9.33. The minimum Gasteiger partial charge on any atom is -0.395 e. The molecule has 1 aromatic carbocycles. The second kappa shape index (κ2) is 4.81. The lowest BCUT2D eigenvalue weighted by Gasteiger charge is -2.10. The number of aliphatic hydroxyl groups excluding tert-OH is 1. The highest BCUT2D eigenvalue weighted by molar-refractivity contribution is 5.91. The number of fused-ring (bicyclic) bond motifs is 1. The van der Waals surface area contributed by atoms with Gasteiger partial charge < -0.3 is 10.4 Å². The SMILES string of the molecule is OCCNc1ccnc2cc(C(F)(F)F)ccc12. The third-order valence-corrected chi connectivity index (χ3v) is 2.50. The van der Waals surface area contributed by atoms with Crippen molar-refractivity contribution >= 4 is 16.6 Å². The van der Waals surface area contributed by atoms with Crippen molar-refractivity contribution in [2.75, 3.05) is 18.5 Å². The van der Waals surface area contributed by atoms with Crippen molar-refractivity contribution in [1.29, 1.82) is 0 Å². The van der Waals surface area contributed by atoms with Crippen molar-refractivity contribution in [2.45, 2.75) is 6.18 Å². The first-order valence-electron chi connectivity index (χ1n) is 5.33. The Hall–Kier alpha value is -1.82. The van der Waals surface area contributed by atoms with Crippen molar-refractivity contribution in [1.82, 2.24) is 4.98 Å². The molecule has 0 amide bonds. The quantitative estimate of drug-likeness (QED) is 0.887. The van der Waals surface area contributed by atoms with E-state index in [4.69, 9.17) is 5.11 Å². The number of aromatic nitrogens is 1. The van der Waals surface area contributed by atoms with Gasteiger partial charge in [-0.2, -0.15) is 13.2 Å². The summed E-state index contributed by atoms with van der Waals surface area (Å²) >= 11 is 0. The summed E-state index contributed by atoms with van der Waals surface area (Å²) in [5.41, 5.74) is 0.206. The summed E-state index contributed by atoms with van der Waals surface area (Å²) in [6.07, 6.45) is -2.94. The topological polar surface area (TPSA) is 45.1 Å². The summed E-state index contributed by atoms with van der Waals surface area (Å²) in [5, 5.41) is 12.2. The normalized spacial score (nSPS) is 11.8. The highest BCUT2D eigenvalue weighted by Gasteiger charge is 2.30. The molecule has 18 heavy (non-hydrogen) atoms. The smallest absolute Gasteiger partial charge is 0.395 e. The molecule has 0 bridgehead atoms. The number of alkyl halides is 3. The van der Waals surface area contributed by atoms with Crippen LogP contribution in [-0.4, -0.2) is 23.2 Å². The second-order valence-corrected chi connectivity index (χ2v) is 3.74. The summed E-state index contributed by atoms with van der Waals surface area (Å²) in [7, 11) is 0. The molecule has 0 radical (unpaired) electrons. The van der Waals surface area contributed by atoms with Gasteiger partial charge in [-0.05, 0) is 18.2 Å². The molecule has 3 nitrogen and oxygen atoms in total. The maximum Gasteiger partial charge on any atom is 0.416 e. The highest BCUT2D eigenvalue weighted by Crippen LogP contribution is 2.32. The predicted molar refractivity (Wildman–Crippen MR) is 62.3 cm³/mol. The average molecular weight is 256 g/mol. The number of pyridine rings is 1. The van der Waals surface area contributed by atoms with Crippen LogP contribution in [-0.2, 0) is 6.18 Å². The maximum atomic E-state index is 12.5. The highest BCUT2D eigenvalue weighted by atomic mass is 19.4. The Morgan fingerprint density at radius 2 is 2.00 bits per heavy atom. The molecule has 0 atom stereocenters. The van der Waals surface area contributed by atoms with E-state index in [9.17, 15) is 13.2 Å². The van der Waals surface area contributed by atoms with Crippen LogP contribution in [0.1, 0.15) is 5.56 Å². The zero-order chi connectivity index (χ0) is 13.2. The molecule has 96 valence electrons. The van der Waals surface area contributed by atoms with Gasteiger partial charge in [-0.3, -0.25) is 4.98 Å². The summed E-state index contributed by atoms with van der Waals surface area (Å²) in [6.45, 7) is 0.282. The van der Waals surface area contributed by atoms with Crippen molar-refractivity contribution in [2.24, 2.45) is 0 Å². The van der Waals surface area contributed by atoms with Crippen LogP contribution < -0.4 is 5.32 Å². The van der Waals surface area contributed by atoms with E-state index >= 15 is 0 Å². The molecule has 0 aliphatic heterocycles. The van der Waals surface area contributed by atoms with Crippen LogP contribution in [0.5, 0.6) is 0 Å². The first kappa shape index (κ1) is 12.6. The Morgan fingerprint density at radius 3 is 2.67 bits per heavy atom. The Morgan fingerprint density at radius 1 is 1.22 bits per heavy atom. The molecular formula is C12H11F3N2O. The minimum absolute atomic E-state index is 0.0511. The molecule has 0 fully saturated rings. The fourth-order valence-corrected chi connectivity index (χ4v) is 1.67. The molecule has 0 unspecified atom stereocenters. The van der Waals surface area contributed by atoms with E-state index in [2.05, 4.69) is 10.3 Å². The van der Waals surface area contributed by atoms with Gasteiger partial charge in [-0.25, -0.2) is 0 Å². The van der Waals surface area contributed by atoms with Gasteiger partial charge in [-0.15, -0.1) is 0 Å². The number of hydrogen-bond donors (Lipinski definition) is 2. The van der Waals surface area contributed by atoms with Gasteiger partial charge in [0.15, 0.2) is 0 Å². The lowest BCUT2D eigenvalue weighted by atomic mass is 10.1. The molecule has 1 heterocycles. The summed E-state index contributed by atoms with van der Waals surface area (Å²) in [4.78, 5) is 3.92. The average Bonchev–Trinajstić information content (AvgIpc) is 2.34. The molecule has 0 spiro atoms. The van der Waals surface area contributed by atoms with E-state index in [1.807, 2.05) is 0 Å². The Balaban J connectivity index is 2.46. The largest absolute Gasteiger partial charge is 0.416 e. The van der Waals surface area contributed by atoms with Gasteiger partial charge in [0.1, 0.15) is 0 Å². The summed E-state index contributed by atoms with van der Waals surface area (Å²) in [5.74, 6) is 0. The fraction of sp³-hybridized carbons (Fsp3) is 0.250. The van der Waals surface area contributed by atoms with E-state index in [1.165, 1.54) is 12.3 Å². The number of benzene rings is 1. The standard InChI is InChI=1S/C12H11F3N2O/c13-12(14,15)8-1-2-9-10(17-5-6-18)3-4-16-11(9)7-8/h1-4,7,18H,5-6H2,(H,16,17). The van der Waals surface area contributed by atoms with Crippen LogP contribution in [0.25, 0.3) is 10.9 Å². The molecule has 0 saturated heterocycles. The molecule has 2 aromatic rings. The number of aliphatic hydroxyl groups is 1. The van der Waals surface area contributed by atoms with Crippen LogP contribution >= 0.6 is 0 Å². The first-order valence-corrected chi connectivity index (χ1v) is 5.33. The molecular weight excluding hydrogens is 245 g/mol. The van der Waals surface area contributed by atoms with Crippen LogP contribution in [0.4, 0.5) is 18.9 Å². The van der Waals surface area contributed by atoms with Crippen molar-refractivity contribution < 1.29 is 18.3 Å². The van der Waals surface area contributed by atoms with E-state index < -0.39 is 11.7 Å². The number of nitrogens with one attached hydrogen (secondary N) is 1. The van der Waals surface area contributed by atoms with Gasteiger partial charge in [0.2, 0.25) is 0 Å². The Labute approximate surface area is 101 Å². The van der Waals surface area contributed by atoms with E-state index in [-0.39, 0.29) is 12.1 Å².